The largest absolute Gasteiger partial charge is 0.489 e. The molecule has 0 bridgehead atoms. The fraction of sp³-hybridized carbons (Fsp3) is 0.391. The van der Waals surface area contributed by atoms with Crippen molar-refractivity contribution >= 4 is 17.5 Å². The van der Waals surface area contributed by atoms with E-state index in [-0.39, 0.29) is 18.4 Å². The molecule has 1 amide bonds. The van der Waals surface area contributed by atoms with Gasteiger partial charge in [-0.2, -0.15) is 5.10 Å². The molecule has 7 nitrogen and oxygen atoms in total. The van der Waals surface area contributed by atoms with Gasteiger partial charge >= 0.3 is 0 Å². The SMILES string of the molecule is CCn1nc(-c2ccc(Cl)c(OC(C)C)c2)nc1CC(=O)NCc1cc(C)nc(C)c1. The number of rotatable bonds is 8. The van der Waals surface area contributed by atoms with Crippen molar-refractivity contribution in [2.75, 3.05) is 0 Å². The highest BCUT2D eigenvalue weighted by Crippen LogP contribution is 2.30. The molecular weight excluding hydrogens is 414 g/mol. The third-order valence-electron chi connectivity index (χ3n) is 4.55. The van der Waals surface area contributed by atoms with Gasteiger partial charge in [-0.05, 0) is 70.5 Å². The van der Waals surface area contributed by atoms with E-state index in [0.29, 0.717) is 35.5 Å². The summed E-state index contributed by atoms with van der Waals surface area (Å²) in [6.45, 7) is 10.8. The third-order valence-corrected chi connectivity index (χ3v) is 4.86. The molecule has 1 aromatic carbocycles. The normalized spacial score (nSPS) is 11.1. The molecule has 0 saturated carbocycles. The lowest BCUT2D eigenvalue weighted by Crippen LogP contribution is -2.26. The van der Waals surface area contributed by atoms with Crippen LogP contribution in [0.2, 0.25) is 5.02 Å². The molecular formula is C23H28ClN5O2. The summed E-state index contributed by atoms with van der Waals surface area (Å²) in [5.41, 5.74) is 3.68. The van der Waals surface area contributed by atoms with E-state index >= 15 is 0 Å². The summed E-state index contributed by atoms with van der Waals surface area (Å²) in [6.07, 6.45) is 0.147. The van der Waals surface area contributed by atoms with Crippen molar-refractivity contribution in [3.8, 4) is 17.1 Å². The second kappa shape index (κ2) is 9.92. The average Bonchev–Trinajstić information content (AvgIpc) is 3.10. The number of hydrogen-bond acceptors (Lipinski definition) is 5. The van der Waals surface area contributed by atoms with Crippen LogP contribution in [-0.2, 0) is 24.3 Å². The van der Waals surface area contributed by atoms with E-state index in [1.54, 1.807) is 10.7 Å². The number of pyridine rings is 1. The molecule has 0 atom stereocenters. The number of amides is 1. The number of hydrogen-bond donors (Lipinski definition) is 1. The van der Waals surface area contributed by atoms with Gasteiger partial charge in [0.25, 0.3) is 0 Å². The highest BCUT2D eigenvalue weighted by atomic mass is 35.5. The van der Waals surface area contributed by atoms with Gasteiger partial charge < -0.3 is 10.1 Å². The Labute approximate surface area is 187 Å². The Morgan fingerprint density at radius 1 is 1.16 bits per heavy atom. The first kappa shape index (κ1) is 22.7. The van der Waals surface area contributed by atoms with Crippen molar-refractivity contribution < 1.29 is 9.53 Å². The minimum atomic E-state index is -0.110. The van der Waals surface area contributed by atoms with E-state index in [9.17, 15) is 4.79 Å². The Morgan fingerprint density at radius 3 is 2.52 bits per heavy atom. The first-order valence-corrected chi connectivity index (χ1v) is 10.7. The number of benzene rings is 1. The molecule has 2 heterocycles. The Balaban J connectivity index is 1.73. The highest BCUT2D eigenvalue weighted by molar-refractivity contribution is 6.32. The summed E-state index contributed by atoms with van der Waals surface area (Å²) in [5.74, 6) is 1.62. The lowest BCUT2D eigenvalue weighted by atomic mass is 10.2. The van der Waals surface area contributed by atoms with E-state index in [4.69, 9.17) is 16.3 Å². The van der Waals surface area contributed by atoms with Crippen LogP contribution < -0.4 is 10.1 Å². The Kier molecular flexibility index (Phi) is 7.28. The molecule has 0 aliphatic rings. The van der Waals surface area contributed by atoms with Gasteiger partial charge in [0.05, 0.1) is 17.5 Å². The van der Waals surface area contributed by atoms with E-state index in [1.807, 2.05) is 58.9 Å². The second-order valence-corrected chi connectivity index (χ2v) is 8.10. The zero-order chi connectivity index (χ0) is 22.5. The van der Waals surface area contributed by atoms with Gasteiger partial charge in [-0.3, -0.25) is 9.78 Å². The molecule has 31 heavy (non-hydrogen) atoms. The number of ether oxygens (including phenoxy) is 1. The number of nitrogens with zero attached hydrogens (tertiary/aromatic N) is 4. The molecule has 0 fully saturated rings. The zero-order valence-electron chi connectivity index (χ0n) is 18.6. The minimum absolute atomic E-state index is 0.00105. The fourth-order valence-electron chi connectivity index (χ4n) is 3.30. The van der Waals surface area contributed by atoms with Gasteiger partial charge in [0, 0.05) is 30.0 Å². The van der Waals surface area contributed by atoms with Crippen molar-refractivity contribution in [1.82, 2.24) is 25.1 Å². The smallest absolute Gasteiger partial charge is 0.227 e. The van der Waals surface area contributed by atoms with Crippen LogP contribution in [0.4, 0.5) is 0 Å². The topological polar surface area (TPSA) is 81.9 Å². The van der Waals surface area contributed by atoms with Gasteiger partial charge in [-0.15, -0.1) is 0 Å². The standard InChI is InChI=1S/C23H28ClN5O2/c1-6-29-21(12-22(30)25-13-17-9-15(4)26-16(5)10-17)27-23(28-29)18-7-8-19(24)20(11-18)31-14(2)3/h7-11,14H,6,12-13H2,1-5H3,(H,25,30). The lowest BCUT2D eigenvalue weighted by molar-refractivity contribution is -0.120. The Hall–Kier alpha value is -2.93. The molecule has 0 radical (unpaired) electrons. The number of aromatic nitrogens is 4. The van der Waals surface area contributed by atoms with Crippen LogP contribution in [0.15, 0.2) is 30.3 Å². The number of nitrogens with one attached hydrogen (secondary N) is 1. The third kappa shape index (κ3) is 6.04. The summed E-state index contributed by atoms with van der Waals surface area (Å²) in [4.78, 5) is 21.5. The summed E-state index contributed by atoms with van der Waals surface area (Å²) >= 11 is 6.24. The Morgan fingerprint density at radius 2 is 1.87 bits per heavy atom. The van der Waals surface area contributed by atoms with Crippen LogP contribution in [0, 0.1) is 13.8 Å². The lowest BCUT2D eigenvalue weighted by Gasteiger charge is -2.11. The van der Waals surface area contributed by atoms with Crippen LogP contribution in [-0.4, -0.2) is 31.8 Å². The highest BCUT2D eigenvalue weighted by Gasteiger charge is 2.16. The molecule has 0 spiro atoms. The Bertz CT molecular complexity index is 1060. The fourth-order valence-corrected chi connectivity index (χ4v) is 3.46. The molecule has 3 rings (SSSR count). The van der Waals surface area contributed by atoms with Gasteiger partial charge in [0.1, 0.15) is 11.6 Å². The number of carbonyl (C=O) groups excluding carboxylic acids is 1. The molecule has 0 saturated heterocycles. The van der Waals surface area contributed by atoms with E-state index in [1.165, 1.54) is 0 Å². The van der Waals surface area contributed by atoms with E-state index in [2.05, 4.69) is 20.4 Å². The van der Waals surface area contributed by atoms with E-state index in [0.717, 1.165) is 22.5 Å². The van der Waals surface area contributed by atoms with Crippen LogP contribution in [0.3, 0.4) is 0 Å². The zero-order valence-corrected chi connectivity index (χ0v) is 19.3. The van der Waals surface area contributed by atoms with Crippen LogP contribution in [0.1, 0.15) is 43.5 Å². The van der Waals surface area contributed by atoms with Crippen LogP contribution >= 0.6 is 11.6 Å². The number of halogens is 1. The summed E-state index contributed by atoms with van der Waals surface area (Å²) in [5, 5.41) is 8.05. The maximum atomic E-state index is 12.5. The number of carbonyl (C=O) groups is 1. The maximum absolute atomic E-state index is 12.5. The van der Waals surface area contributed by atoms with Crippen LogP contribution in [0.25, 0.3) is 11.4 Å². The minimum Gasteiger partial charge on any atom is -0.489 e. The quantitative estimate of drug-likeness (QED) is 0.564. The van der Waals surface area contributed by atoms with Crippen LogP contribution in [0.5, 0.6) is 5.75 Å². The van der Waals surface area contributed by atoms with Gasteiger partial charge in [0.2, 0.25) is 5.91 Å². The maximum Gasteiger partial charge on any atom is 0.227 e. The van der Waals surface area contributed by atoms with Crippen molar-refractivity contribution in [3.05, 3.63) is 58.1 Å². The monoisotopic (exact) mass is 441 g/mol. The van der Waals surface area contributed by atoms with Crippen molar-refractivity contribution in [3.63, 3.8) is 0 Å². The molecule has 2 aromatic heterocycles. The summed E-state index contributed by atoms with van der Waals surface area (Å²) < 4.78 is 7.51. The van der Waals surface area contributed by atoms with Crippen molar-refractivity contribution in [1.29, 1.82) is 0 Å². The van der Waals surface area contributed by atoms with Gasteiger partial charge in [-0.25, -0.2) is 9.67 Å². The van der Waals surface area contributed by atoms with Gasteiger partial charge in [-0.1, -0.05) is 11.6 Å². The van der Waals surface area contributed by atoms with Crippen molar-refractivity contribution in [2.24, 2.45) is 0 Å². The molecule has 3 aromatic rings. The predicted octanol–water partition coefficient (Wildman–Crippen LogP) is 4.28. The molecule has 8 heteroatoms. The summed E-state index contributed by atoms with van der Waals surface area (Å²) in [7, 11) is 0. The molecule has 164 valence electrons. The van der Waals surface area contributed by atoms with Crippen molar-refractivity contribution in [2.45, 2.75) is 60.2 Å². The first-order chi connectivity index (χ1) is 14.7. The summed E-state index contributed by atoms with van der Waals surface area (Å²) in [6, 6.07) is 9.39. The second-order valence-electron chi connectivity index (χ2n) is 7.69. The average molecular weight is 442 g/mol. The predicted molar refractivity (Wildman–Crippen MR) is 121 cm³/mol. The van der Waals surface area contributed by atoms with E-state index < -0.39 is 0 Å². The number of aryl methyl sites for hydroxylation is 3. The molecule has 0 aliphatic heterocycles. The molecule has 0 unspecified atom stereocenters. The van der Waals surface area contributed by atoms with Gasteiger partial charge in [0.15, 0.2) is 5.82 Å². The molecule has 0 aliphatic carbocycles. The first-order valence-electron chi connectivity index (χ1n) is 10.4. The molecule has 1 N–H and O–H groups in total.